The van der Waals surface area contributed by atoms with Crippen LogP contribution in [-0.4, -0.2) is 39.7 Å². The molecular formula is C17H19N5OS. The lowest BCUT2D eigenvalue weighted by Gasteiger charge is -2.14. The standard InChI is InChI=1S/C17H19N5OS/c1-2-6-18-15(3-1)19-9-13-4-7-22(10-13)11-16-20-17(21-23-16)14-5-8-24-12-14/h1-3,5-6,8,12-13H,4,7,9-11H2,(H,18,19)/t13-/m1/s1. The van der Waals surface area contributed by atoms with Crippen molar-refractivity contribution in [3.8, 4) is 11.4 Å². The predicted octanol–water partition coefficient (Wildman–Crippen LogP) is 3.13. The first-order valence-electron chi connectivity index (χ1n) is 8.09. The maximum absolute atomic E-state index is 5.39. The first kappa shape index (κ1) is 15.3. The second-order valence-electron chi connectivity index (χ2n) is 6.01. The molecule has 24 heavy (non-hydrogen) atoms. The van der Waals surface area contributed by atoms with Crippen molar-refractivity contribution in [2.24, 2.45) is 5.92 Å². The first-order chi connectivity index (χ1) is 11.9. The van der Waals surface area contributed by atoms with Gasteiger partial charge in [-0.3, -0.25) is 4.90 Å². The topological polar surface area (TPSA) is 67.1 Å². The molecule has 3 aromatic heterocycles. The van der Waals surface area contributed by atoms with Crippen LogP contribution in [0.25, 0.3) is 11.4 Å². The van der Waals surface area contributed by atoms with E-state index in [1.54, 1.807) is 11.3 Å². The Morgan fingerprint density at radius 3 is 3.17 bits per heavy atom. The Bertz CT molecular complexity index is 758. The molecule has 0 aromatic carbocycles. The maximum Gasteiger partial charge on any atom is 0.241 e. The highest BCUT2D eigenvalue weighted by Crippen LogP contribution is 2.21. The average Bonchev–Trinajstić information content (AvgIpc) is 3.36. The van der Waals surface area contributed by atoms with Gasteiger partial charge in [-0.2, -0.15) is 16.3 Å². The van der Waals surface area contributed by atoms with Crippen molar-refractivity contribution in [2.75, 3.05) is 25.0 Å². The SMILES string of the molecule is c1ccc(NC[C@H]2CCN(Cc3nc(-c4ccsc4)no3)C2)nc1. The number of pyridine rings is 1. The molecular weight excluding hydrogens is 322 g/mol. The Balaban J connectivity index is 1.28. The van der Waals surface area contributed by atoms with Gasteiger partial charge in [0.2, 0.25) is 11.7 Å². The number of nitrogens with zero attached hydrogens (tertiary/aromatic N) is 4. The van der Waals surface area contributed by atoms with Crippen molar-refractivity contribution in [3.63, 3.8) is 0 Å². The van der Waals surface area contributed by atoms with Gasteiger partial charge in [0.1, 0.15) is 5.82 Å². The summed E-state index contributed by atoms with van der Waals surface area (Å²) in [7, 11) is 0. The maximum atomic E-state index is 5.39. The average molecular weight is 341 g/mol. The molecule has 1 saturated heterocycles. The second-order valence-corrected chi connectivity index (χ2v) is 6.79. The highest BCUT2D eigenvalue weighted by molar-refractivity contribution is 7.08. The van der Waals surface area contributed by atoms with Crippen LogP contribution < -0.4 is 5.32 Å². The van der Waals surface area contributed by atoms with Gasteiger partial charge in [-0.25, -0.2) is 4.98 Å². The smallest absolute Gasteiger partial charge is 0.241 e. The van der Waals surface area contributed by atoms with Gasteiger partial charge in [0.15, 0.2) is 0 Å². The molecule has 7 heteroatoms. The van der Waals surface area contributed by atoms with Crippen LogP contribution in [0.4, 0.5) is 5.82 Å². The second kappa shape index (κ2) is 7.11. The van der Waals surface area contributed by atoms with Crippen LogP contribution in [0.15, 0.2) is 45.7 Å². The van der Waals surface area contributed by atoms with Crippen molar-refractivity contribution in [3.05, 3.63) is 47.1 Å². The molecule has 0 spiro atoms. The molecule has 0 amide bonds. The molecule has 1 atom stereocenters. The molecule has 4 heterocycles. The minimum atomic E-state index is 0.617. The van der Waals surface area contributed by atoms with Crippen LogP contribution >= 0.6 is 11.3 Å². The van der Waals surface area contributed by atoms with E-state index in [9.17, 15) is 0 Å². The van der Waals surface area contributed by atoms with Crippen molar-refractivity contribution < 1.29 is 4.52 Å². The largest absolute Gasteiger partial charge is 0.370 e. The van der Waals surface area contributed by atoms with Gasteiger partial charge in [-0.05, 0) is 42.5 Å². The number of rotatable bonds is 6. The van der Waals surface area contributed by atoms with Gasteiger partial charge >= 0.3 is 0 Å². The molecule has 124 valence electrons. The van der Waals surface area contributed by atoms with Crippen LogP contribution in [0.1, 0.15) is 12.3 Å². The molecule has 6 nitrogen and oxygen atoms in total. The van der Waals surface area contributed by atoms with E-state index in [1.165, 1.54) is 6.42 Å². The Morgan fingerprint density at radius 2 is 2.33 bits per heavy atom. The molecule has 0 saturated carbocycles. The van der Waals surface area contributed by atoms with Crippen molar-refractivity contribution in [2.45, 2.75) is 13.0 Å². The Kier molecular flexibility index (Phi) is 4.53. The summed E-state index contributed by atoms with van der Waals surface area (Å²) in [5.41, 5.74) is 1.02. The lowest BCUT2D eigenvalue weighted by Crippen LogP contribution is -2.23. The zero-order valence-electron chi connectivity index (χ0n) is 13.3. The van der Waals surface area contributed by atoms with Crippen LogP contribution in [-0.2, 0) is 6.54 Å². The van der Waals surface area contributed by atoms with E-state index in [2.05, 4.69) is 25.3 Å². The highest BCUT2D eigenvalue weighted by atomic mass is 32.1. The monoisotopic (exact) mass is 341 g/mol. The van der Waals surface area contributed by atoms with Crippen LogP contribution in [0, 0.1) is 5.92 Å². The summed E-state index contributed by atoms with van der Waals surface area (Å²) in [6, 6.07) is 7.93. The fourth-order valence-corrected chi connectivity index (χ4v) is 3.59. The van der Waals surface area contributed by atoms with Crippen molar-refractivity contribution in [1.82, 2.24) is 20.0 Å². The molecule has 3 aromatic rings. The summed E-state index contributed by atoms with van der Waals surface area (Å²) in [6.07, 6.45) is 2.98. The van der Waals surface area contributed by atoms with Gasteiger partial charge in [0, 0.05) is 30.2 Å². The summed E-state index contributed by atoms with van der Waals surface area (Å²) in [5, 5.41) is 11.5. The molecule has 1 fully saturated rings. The molecule has 0 unspecified atom stereocenters. The van der Waals surface area contributed by atoms with E-state index in [0.717, 1.165) is 37.6 Å². The Labute approximate surface area is 144 Å². The summed E-state index contributed by atoms with van der Waals surface area (Å²) < 4.78 is 5.39. The lowest BCUT2D eigenvalue weighted by molar-refractivity contribution is 0.261. The first-order valence-corrected chi connectivity index (χ1v) is 9.03. The number of hydrogen-bond donors (Lipinski definition) is 1. The summed E-state index contributed by atoms with van der Waals surface area (Å²) >= 11 is 1.64. The predicted molar refractivity (Wildman–Crippen MR) is 93.7 cm³/mol. The number of likely N-dealkylation sites (tertiary alicyclic amines) is 1. The van der Waals surface area contributed by atoms with Gasteiger partial charge in [0.25, 0.3) is 0 Å². The molecule has 4 rings (SSSR count). The highest BCUT2D eigenvalue weighted by Gasteiger charge is 2.24. The molecule has 1 aliphatic heterocycles. The summed E-state index contributed by atoms with van der Waals surface area (Å²) in [5.74, 6) is 2.92. The third-order valence-corrected chi connectivity index (χ3v) is 4.90. The Hall–Kier alpha value is -2.25. The normalized spacial score (nSPS) is 18.1. The van der Waals surface area contributed by atoms with E-state index in [-0.39, 0.29) is 0 Å². The molecule has 0 radical (unpaired) electrons. The number of thiophene rings is 1. The zero-order valence-corrected chi connectivity index (χ0v) is 14.1. The number of anilines is 1. The van der Waals surface area contributed by atoms with Crippen molar-refractivity contribution in [1.29, 1.82) is 0 Å². The third kappa shape index (κ3) is 3.63. The molecule has 1 N–H and O–H groups in total. The third-order valence-electron chi connectivity index (χ3n) is 4.21. The lowest BCUT2D eigenvalue weighted by atomic mass is 10.1. The summed E-state index contributed by atoms with van der Waals surface area (Å²) in [6.45, 7) is 3.76. The van der Waals surface area contributed by atoms with Gasteiger partial charge in [-0.1, -0.05) is 11.2 Å². The van der Waals surface area contributed by atoms with E-state index in [0.29, 0.717) is 17.6 Å². The number of aromatic nitrogens is 3. The van der Waals surface area contributed by atoms with Gasteiger partial charge in [0.05, 0.1) is 6.54 Å². The van der Waals surface area contributed by atoms with Crippen LogP contribution in [0.5, 0.6) is 0 Å². The number of hydrogen-bond acceptors (Lipinski definition) is 7. The fourth-order valence-electron chi connectivity index (χ4n) is 2.96. The van der Waals surface area contributed by atoms with Crippen LogP contribution in [0.2, 0.25) is 0 Å². The van der Waals surface area contributed by atoms with E-state index in [1.807, 2.05) is 41.2 Å². The van der Waals surface area contributed by atoms with Crippen LogP contribution in [0.3, 0.4) is 0 Å². The minimum absolute atomic E-state index is 0.617. The van der Waals surface area contributed by atoms with E-state index >= 15 is 0 Å². The molecule has 0 aliphatic carbocycles. The molecule has 0 bridgehead atoms. The fraction of sp³-hybridized carbons (Fsp3) is 0.353. The van der Waals surface area contributed by atoms with E-state index < -0.39 is 0 Å². The zero-order chi connectivity index (χ0) is 16.2. The van der Waals surface area contributed by atoms with E-state index in [4.69, 9.17) is 4.52 Å². The summed E-state index contributed by atoms with van der Waals surface area (Å²) in [4.78, 5) is 11.2. The Morgan fingerprint density at radius 1 is 1.33 bits per heavy atom. The van der Waals surface area contributed by atoms with Gasteiger partial charge < -0.3 is 9.84 Å². The van der Waals surface area contributed by atoms with Crippen molar-refractivity contribution >= 4 is 17.2 Å². The number of nitrogens with one attached hydrogen (secondary N) is 1. The minimum Gasteiger partial charge on any atom is -0.370 e. The quantitative estimate of drug-likeness (QED) is 0.743. The van der Waals surface area contributed by atoms with Gasteiger partial charge in [-0.15, -0.1) is 0 Å². The molecule has 1 aliphatic rings.